The van der Waals surface area contributed by atoms with Crippen molar-refractivity contribution >= 4 is 11.9 Å². The number of unbranched alkanes of at least 4 members (excludes halogenated alkanes) is 20. The van der Waals surface area contributed by atoms with E-state index >= 15 is 0 Å². The third-order valence-corrected chi connectivity index (χ3v) is 14.8. The number of carbonyl (C=O) groups is 2. The maximum absolute atomic E-state index is 12.4. The van der Waals surface area contributed by atoms with Gasteiger partial charge in [0.15, 0.2) is 6.10 Å². The Kier molecular flexibility index (Phi) is 72.5. The number of esters is 2. The summed E-state index contributed by atoms with van der Waals surface area (Å²) >= 11 is 0. The zero-order valence-electron chi connectivity index (χ0n) is 57.6. The zero-order chi connectivity index (χ0) is 64.7. The maximum atomic E-state index is 12.4. The molecule has 5 heteroatoms. The minimum absolute atomic E-state index is 0.0845. The molecule has 90 heavy (non-hydrogen) atoms. The van der Waals surface area contributed by atoms with Crippen molar-refractivity contribution < 1.29 is 24.2 Å². The quantitative estimate of drug-likeness (QED) is 0.0373. The van der Waals surface area contributed by atoms with Gasteiger partial charge in [-0.25, -0.2) is 0 Å². The van der Waals surface area contributed by atoms with Crippen LogP contribution in [0.1, 0.15) is 284 Å². The lowest BCUT2D eigenvalue weighted by atomic mass is 10.0. The summed E-state index contributed by atoms with van der Waals surface area (Å²) in [5.41, 5.74) is 0. The Balaban J connectivity index is 3.60. The van der Waals surface area contributed by atoms with Gasteiger partial charge in [-0.1, -0.05) is 335 Å². The largest absolute Gasteiger partial charge is 0.462 e. The SMILES string of the molecule is CC/C=C\C/C=C\C/C=C\C/C=C\C/C=C\C/C=C\C/C=C\C/C=C\C/C=C\C/C=C\CCCCCCCCC(=O)OC(CO)COC(=O)CCCCCCCCCCCCCCCC/C=C\C/C=C\C/C=C\C/C=C\C/C=C\C/C=C\C/C=C\C/C=C\CC. The minimum Gasteiger partial charge on any atom is -0.462 e. The number of ether oxygens (including phenoxy) is 2. The van der Waals surface area contributed by atoms with Crippen LogP contribution in [-0.2, 0) is 19.1 Å². The van der Waals surface area contributed by atoms with Crippen LogP contribution in [0.3, 0.4) is 0 Å². The van der Waals surface area contributed by atoms with Crippen LogP contribution in [0, 0.1) is 0 Å². The van der Waals surface area contributed by atoms with E-state index in [-0.39, 0.29) is 25.2 Å². The molecule has 0 aromatic carbocycles. The van der Waals surface area contributed by atoms with Gasteiger partial charge in [0.05, 0.1) is 6.61 Å². The van der Waals surface area contributed by atoms with Crippen molar-refractivity contribution in [3.05, 3.63) is 219 Å². The molecule has 0 aromatic heterocycles. The van der Waals surface area contributed by atoms with E-state index < -0.39 is 6.10 Å². The van der Waals surface area contributed by atoms with Crippen molar-refractivity contribution in [2.24, 2.45) is 0 Å². The fourth-order valence-electron chi connectivity index (χ4n) is 9.42. The van der Waals surface area contributed by atoms with Crippen molar-refractivity contribution in [3.63, 3.8) is 0 Å². The number of hydrogen-bond donors (Lipinski definition) is 1. The molecule has 0 saturated carbocycles. The molecule has 502 valence electrons. The monoisotopic (exact) mass is 1230 g/mol. The predicted molar refractivity (Wildman–Crippen MR) is 398 cm³/mol. The fourth-order valence-corrected chi connectivity index (χ4v) is 9.42. The Morgan fingerprint density at radius 2 is 0.444 bits per heavy atom. The molecule has 0 radical (unpaired) electrons. The summed E-state index contributed by atoms with van der Waals surface area (Å²) < 4.78 is 10.7. The van der Waals surface area contributed by atoms with E-state index in [1.807, 2.05) is 0 Å². The van der Waals surface area contributed by atoms with Gasteiger partial charge in [0, 0.05) is 12.8 Å². The fraction of sp³-hybridized carbons (Fsp3) is 0.553. The van der Waals surface area contributed by atoms with Gasteiger partial charge in [0.1, 0.15) is 6.61 Å². The summed E-state index contributed by atoms with van der Waals surface area (Å²) in [5, 5.41) is 9.71. The standard InChI is InChI=1S/C85H132O5/c1-3-5-7-9-11-13-15-17-19-21-23-25-27-29-31-33-35-37-39-41-42-44-45-47-49-51-53-55-57-59-61-63-65-67-69-71-73-75-77-79-84(87)89-82-83(81-86)90-85(88)80-78-76-74-72-70-68-66-64-62-60-58-56-54-52-50-48-46-43-40-38-36-34-32-30-28-26-24-22-20-18-16-14-12-10-8-6-4-2/h5-8,11-14,17-20,23-26,29-32,35-38,41-43,45-47,50,52,56,58,62,64,83,86H,3-4,9-10,15-16,21-22,27-28,33-34,39-40,44,48-49,51,53-55,57,59-61,63,65-82H2,1-2H3/b7-5-,8-6-,13-11-,14-12-,19-17-,20-18-,25-23-,26-24-,31-29-,32-30-,37-35-,38-36-,42-41-,46-43-,47-45-,52-50-,58-56-,64-62-. The van der Waals surface area contributed by atoms with Crippen LogP contribution < -0.4 is 0 Å². The first kappa shape index (κ1) is 84.2. The van der Waals surface area contributed by atoms with Gasteiger partial charge < -0.3 is 14.6 Å². The Bertz CT molecular complexity index is 2130. The van der Waals surface area contributed by atoms with Gasteiger partial charge in [0.25, 0.3) is 0 Å². The van der Waals surface area contributed by atoms with Gasteiger partial charge in [-0.05, 0) is 154 Å². The van der Waals surface area contributed by atoms with Crippen LogP contribution >= 0.6 is 0 Å². The van der Waals surface area contributed by atoms with Crippen molar-refractivity contribution in [3.8, 4) is 0 Å². The lowest BCUT2D eigenvalue weighted by molar-refractivity contribution is -0.161. The van der Waals surface area contributed by atoms with E-state index in [1.54, 1.807) is 0 Å². The maximum Gasteiger partial charge on any atom is 0.306 e. The molecule has 0 aliphatic heterocycles. The van der Waals surface area contributed by atoms with Crippen molar-refractivity contribution in [1.82, 2.24) is 0 Å². The van der Waals surface area contributed by atoms with Crippen LogP contribution in [0.15, 0.2) is 219 Å². The summed E-state index contributed by atoms with van der Waals surface area (Å²) in [6.07, 6.45) is 125. The van der Waals surface area contributed by atoms with Crippen molar-refractivity contribution in [1.29, 1.82) is 0 Å². The molecule has 0 rings (SSSR count). The molecule has 0 saturated heterocycles. The van der Waals surface area contributed by atoms with E-state index in [4.69, 9.17) is 9.47 Å². The third-order valence-electron chi connectivity index (χ3n) is 14.8. The summed E-state index contributed by atoms with van der Waals surface area (Å²) in [6, 6.07) is 0. The smallest absolute Gasteiger partial charge is 0.306 e. The number of rotatable bonds is 64. The van der Waals surface area contributed by atoms with Gasteiger partial charge in [-0.15, -0.1) is 0 Å². The number of aliphatic hydroxyl groups excluding tert-OH is 1. The Labute approximate surface area is 554 Å². The molecule has 0 fully saturated rings. The predicted octanol–water partition coefficient (Wildman–Crippen LogP) is 25.9. The average molecular weight is 1230 g/mol. The van der Waals surface area contributed by atoms with E-state index in [1.165, 1.54) is 89.9 Å². The number of carbonyl (C=O) groups excluding carboxylic acids is 2. The first-order valence-corrected chi connectivity index (χ1v) is 36.3. The molecule has 0 aliphatic rings. The van der Waals surface area contributed by atoms with Crippen LogP contribution in [-0.4, -0.2) is 36.4 Å². The highest BCUT2D eigenvalue weighted by atomic mass is 16.6. The number of hydrogen-bond acceptors (Lipinski definition) is 5. The normalized spacial score (nSPS) is 13.6. The molecule has 1 N–H and O–H groups in total. The first-order chi connectivity index (χ1) is 44.6. The first-order valence-electron chi connectivity index (χ1n) is 36.3. The highest BCUT2D eigenvalue weighted by Crippen LogP contribution is 2.16. The molecule has 0 spiro atoms. The molecular formula is C85H132O5. The summed E-state index contributed by atoms with van der Waals surface area (Å²) in [7, 11) is 0. The third kappa shape index (κ3) is 74.7. The van der Waals surface area contributed by atoms with Crippen LogP contribution in [0.2, 0.25) is 0 Å². The van der Waals surface area contributed by atoms with E-state index in [9.17, 15) is 14.7 Å². The second-order valence-electron chi connectivity index (χ2n) is 23.2. The molecule has 1 atom stereocenters. The molecule has 0 amide bonds. The topological polar surface area (TPSA) is 72.8 Å². The van der Waals surface area contributed by atoms with Gasteiger partial charge >= 0.3 is 11.9 Å². The molecule has 0 aromatic rings. The molecule has 0 aliphatic carbocycles. The average Bonchev–Trinajstić information content (AvgIpc) is 3.62. The lowest BCUT2D eigenvalue weighted by Crippen LogP contribution is -2.28. The molecule has 0 bridgehead atoms. The van der Waals surface area contributed by atoms with E-state index in [0.29, 0.717) is 12.8 Å². The summed E-state index contributed by atoms with van der Waals surface area (Å²) in [4.78, 5) is 24.7. The number of aliphatic hydroxyl groups is 1. The van der Waals surface area contributed by atoms with Crippen molar-refractivity contribution in [2.75, 3.05) is 13.2 Å². The van der Waals surface area contributed by atoms with Crippen molar-refractivity contribution in [2.45, 2.75) is 290 Å². The van der Waals surface area contributed by atoms with E-state index in [0.717, 1.165) is 167 Å². The Morgan fingerprint density at radius 1 is 0.256 bits per heavy atom. The highest BCUT2D eigenvalue weighted by Gasteiger charge is 2.16. The zero-order valence-corrected chi connectivity index (χ0v) is 57.6. The molecule has 1 unspecified atom stereocenters. The molecule has 5 nitrogen and oxygen atoms in total. The second-order valence-corrected chi connectivity index (χ2v) is 23.2. The Hall–Kier alpha value is -5.78. The van der Waals surface area contributed by atoms with Crippen LogP contribution in [0.25, 0.3) is 0 Å². The lowest BCUT2D eigenvalue weighted by Gasteiger charge is -2.15. The summed E-state index contributed by atoms with van der Waals surface area (Å²) in [6.45, 7) is 3.90. The highest BCUT2D eigenvalue weighted by molar-refractivity contribution is 5.70. The van der Waals surface area contributed by atoms with Gasteiger partial charge in [-0.3, -0.25) is 9.59 Å². The second kappa shape index (κ2) is 77.5. The molecular weight excluding hydrogens is 1100 g/mol. The van der Waals surface area contributed by atoms with Crippen LogP contribution in [0.4, 0.5) is 0 Å². The summed E-state index contributed by atoms with van der Waals surface area (Å²) in [5.74, 6) is -0.618. The number of allylic oxidation sites excluding steroid dienone is 36. The molecule has 0 heterocycles. The Morgan fingerprint density at radius 3 is 0.667 bits per heavy atom. The van der Waals surface area contributed by atoms with Gasteiger partial charge in [0.2, 0.25) is 0 Å². The van der Waals surface area contributed by atoms with E-state index in [2.05, 4.69) is 233 Å². The van der Waals surface area contributed by atoms with Gasteiger partial charge in [-0.2, -0.15) is 0 Å². The van der Waals surface area contributed by atoms with Crippen LogP contribution in [0.5, 0.6) is 0 Å². The minimum atomic E-state index is -0.798.